The summed E-state index contributed by atoms with van der Waals surface area (Å²) in [5.41, 5.74) is -0.318. The first-order valence-electron chi connectivity index (χ1n) is 5.69. The van der Waals surface area contributed by atoms with Crippen LogP contribution in [-0.2, 0) is 9.31 Å². The number of nitro groups is 1. The van der Waals surface area contributed by atoms with E-state index < -0.39 is 23.2 Å². The molecule has 1 saturated heterocycles. The van der Waals surface area contributed by atoms with Crippen LogP contribution in [-0.4, -0.2) is 28.2 Å². The van der Waals surface area contributed by atoms with Crippen molar-refractivity contribution in [2.24, 2.45) is 0 Å². The van der Waals surface area contributed by atoms with Crippen LogP contribution in [0, 0.1) is 10.1 Å². The minimum absolute atomic E-state index is 0.206. The van der Waals surface area contributed by atoms with Crippen LogP contribution in [0.3, 0.4) is 0 Å². The molecule has 0 atom stereocenters. The second kappa shape index (κ2) is 4.03. The highest BCUT2D eigenvalue weighted by atomic mass is 16.7. The van der Waals surface area contributed by atoms with Crippen LogP contribution in [0.15, 0.2) is 18.3 Å². The Hall–Kier alpha value is -1.47. The molecule has 0 amide bonds. The molecule has 0 bridgehead atoms. The van der Waals surface area contributed by atoms with Gasteiger partial charge in [0.2, 0.25) is 0 Å². The zero-order valence-corrected chi connectivity index (χ0v) is 10.8. The lowest BCUT2D eigenvalue weighted by Gasteiger charge is -2.32. The summed E-state index contributed by atoms with van der Waals surface area (Å²) in [5.74, 6) is -0.206. The third-order valence-electron chi connectivity index (χ3n) is 3.48. The third-order valence-corrected chi connectivity index (χ3v) is 3.48. The highest BCUT2D eigenvalue weighted by Crippen LogP contribution is 2.36. The summed E-state index contributed by atoms with van der Waals surface area (Å²) in [4.78, 5) is 13.8. The first-order chi connectivity index (χ1) is 8.23. The van der Waals surface area contributed by atoms with Crippen LogP contribution in [0.1, 0.15) is 27.7 Å². The fourth-order valence-corrected chi connectivity index (χ4v) is 1.66. The summed E-state index contributed by atoms with van der Waals surface area (Å²) in [6.45, 7) is 7.73. The fraction of sp³-hybridized carbons (Fsp3) is 0.545. The largest absolute Gasteiger partial charge is 0.495 e. The van der Waals surface area contributed by atoms with Gasteiger partial charge in [0, 0.05) is 6.07 Å². The summed E-state index contributed by atoms with van der Waals surface area (Å²) in [7, 11) is -0.600. The molecule has 0 aromatic carbocycles. The van der Waals surface area contributed by atoms with Gasteiger partial charge in [0.15, 0.2) is 0 Å². The molecular weight excluding hydrogens is 235 g/mol. The Bertz CT molecular complexity index is 474. The van der Waals surface area contributed by atoms with Crippen LogP contribution < -0.4 is 5.46 Å². The third kappa shape index (κ3) is 2.11. The molecule has 0 radical (unpaired) electrons. The van der Waals surface area contributed by atoms with Crippen LogP contribution in [0.25, 0.3) is 0 Å². The zero-order valence-electron chi connectivity index (χ0n) is 10.8. The van der Waals surface area contributed by atoms with Crippen LogP contribution >= 0.6 is 0 Å². The monoisotopic (exact) mass is 250 g/mol. The van der Waals surface area contributed by atoms with Crippen molar-refractivity contribution in [1.29, 1.82) is 0 Å². The SMILES string of the molecule is CC1(C)OB(c2ccnc([N+](=O)[O-])c2)OC1(C)C. The Morgan fingerprint density at radius 1 is 1.28 bits per heavy atom. The van der Waals surface area contributed by atoms with Gasteiger partial charge >= 0.3 is 12.9 Å². The molecule has 1 aliphatic heterocycles. The van der Waals surface area contributed by atoms with Gasteiger partial charge in [-0.15, -0.1) is 0 Å². The van der Waals surface area contributed by atoms with Gasteiger partial charge in [-0.3, -0.25) is 0 Å². The van der Waals surface area contributed by atoms with E-state index in [1.54, 1.807) is 6.07 Å². The first-order valence-corrected chi connectivity index (χ1v) is 5.69. The van der Waals surface area contributed by atoms with Crippen molar-refractivity contribution in [2.75, 3.05) is 0 Å². The smallest absolute Gasteiger partial charge is 0.399 e. The predicted octanol–water partition coefficient (Wildman–Crippen LogP) is 1.29. The van der Waals surface area contributed by atoms with Crippen molar-refractivity contribution in [3.8, 4) is 0 Å². The Balaban J connectivity index is 2.30. The van der Waals surface area contributed by atoms with E-state index in [0.717, 1.165) is 0 Å². The van der Waals surface area contributed by atoms with Crippen LogP contribution in [0.5, 0.6) is 0 Å². The summed E-state index contributed by atoms with van der Waals surface area (Å²) in [6.07, 6.45) is 1.39. The Labute approximate surface area is 106 Å². The van der Waals surface area contributed by atoms with Gasteiger partial charge in [0.05, 0.1) is 11.2 Å². The van der Waals surface area contributed by atoms with E-state index in [-0.39, 0.29) is 5.82 Å². The molecular formula is C11H15BN2O4. The Morgan fingerprint density at radius 3 is 2.33 bits per heavy atom. The number of hydrogen-bond acceptors (Lipinski definition) is 5. The maximum absolute atomic E-state index is 10.7. The molecule has 1 fully saturated rings. The van der Waals surface area contributed by atoms with Gasteiger partial charge in [-0.05, 0) is 49.1 Å². The molecule has 96 valence electrons. The maximum Gasteiger partial charge on any atom is 0.495 e. The molecule has 0 unspecified atom stereocenters. The molecule has 2 rings (SSSR count). The van der Waals surface area contributed by atoms with Gasteiger partial charge in [0.1, 0.15) is 6.20 Å². The zero-order chi connectivity index (χ0) is 13.6. The molecule has 6 nitrogen and oxygen atoms in total. The summed E-state index contributed by atoms with van der Waals surface area (Å²) < 4.78 is 11.6. The lowest BCUT2D eigenvalue weighted by Crippen LogP contribution is -2.41. The second-order valence-electron chi connectivity index (χ2n) is 5.29. The van der Waals surface area contributed by atoms with E-state index in [2.05, 4.69) is 4.98 Å². The van der Waals surface area contributed by atoms with Crippen LogP contribution in [0.2, 0.25) is 0 Å². The standard InChI is InChI=1S/C11H15BN2O4/c1-10(2)11(3,4)18-12(17-10)8-5-6-13-9(7-8)14(15)16/h5-7H,1-4H3. The molecule has 2 heterocycles. The minimum Gasteiger partial charge on any atom is -0.399 e. The van der Waals surface area contributed by atoms with Crippen molar-refractivity contribution in [1.82, 2.24) is 4.98 Å². The quantitative estimate of drug-likeness (QED) is 0.449. The van der Waals surface area contributed by atoms with E-state index in [9.17, 15) is 10.1 Å². The van der Waals surface area contributed by atoms with Gasteiger partial charge < -0.3 is 19.4 Å². The molecule has 1 aromatic rings. The lowest BCUT2D eigenvalue weighted by molar-refractivity contribution is -0.389. The van der Waals surface area contributed by atoms with E-state index >= 15 is 0 Å². The van der Waals surface area contributed by atoms with Crippen molar-refractivity contribution in [3.63, 3.8) is 0 Å². The highest BCUT2D eigenvalue weighted by molar-refractivity contribution is 6.62. The topological polar surface area (TPSA) is 74.5 Å². The molecule has 18 heavy (non-hydrogen) atoms. The van der Waals surface area contributed by atoms with E-state index in [1.807, 2.05) is 27.7 Å². The van der Waals surface area contributed by atoms with E-state index in [1.165, 1.54) is 12.3 Å². The lowest BCUT2D eigenvalue weighted by atomic mass is 9.80. The minimum atomic E-state index is -0.600. The molecule has 0 saturated carbocycles. The number of hydrogen-bond donors (Lipinski definition) is 0. The van der Waals surface area contributed by atoms with Crippen molar-refractivity contribution < 1.29 is 14.2 Å². The normalized spacial score (nSPS) is 21.0. The Kier molecular flexibility index (Phi) is 2.91. The first kappa shape index (κ1) is 13.0. The fourth-order valence-electron chi connectivity index (χ4n) is 1.66. The maximum atomic E-state index is 10.7. The van der Waals surface area contributed by atoms with Crippen LogP contribution in [0.4, 0.5) is 5.82 Å². The van der Waals surface area contributed by atoms with Gasteiger partial charge in [-0.1, -0.05) is 0 Å². The number of aromatic nitrogens is 1. The van der Waals surface area contributed by atoms with Crippen molar-refractivity contribution in [2.45, 2.75) is 38.9 Å². The van der Waals surface area contributed by atoms with Gasteiger partial charge in [0.25, 0.3) is 0 Å². The number of nitrogens with zero attached hydrogens (tertiary/aromatic N) is 2. The average Bonchev–Trinajstić information content (AvgIpc) is 2.48. The summed E-state index contributed by atoms with van der Waals surface area (Å²) in [6, 6.07) is 3.04. The molecule has 7 heteroatoms. The number of rotatable bonds is 2. The second-order valence-corrected chi connectivity index (χ2v) is 5.29. The molecule has 0 aliphatic carbocycles. The van der Waals surface area contributed by atoms with Crippen molar-refractivity contribution in [3.05, 3.63) is 28.4 Å². The summed E-state index contributed by atoms with van der Waals surface area (Å²) in [5, 5.41) is 10.7. The van der Waals surface area contributed by atoms with Gasteiger partial charge in [-0.2, -0.15) is 0 Å². The molecule has 0 spiro atoms. The Morgan fingerprint density at radius 2 is 1.83 bits per heavy atom. The summed E-state index contributed by atoms with van der Waals surface area (Å²) >= 11 is 0. The molecule has 1 aliphatic rings. The number of pyridine rings is 1. The predicted molar refractivity (Wildman–Crippen MR) is 66.6 cm³/mol. The molecule has 0 N–H and O–H groups in total. The van der Waals surface area contributed by atoms with E-state index in [0.29, 0.717) is 5.46 Å². The molecule has 1 aromatic heterocycles. The highest BCUT2D eigenvalue weighted by Gasteiger charge is 2.51. The average molecular weight is 250 g/mol. The van der Waals surface area contributed by atoms with Gasteiger partial charge in [-0.25, -0.2) is 0 Å². The van der Waals surface area contributed by atoms with Crippen molar-refractivity contribution >= 4 is 18.4 Å². The van der Waals surface area contributed by atoms with E-state index in [4.69, 9.17) is 9.31 Å².